The van der Waals surface area contributed by atoms with Gasteiger partial charge in [-0.1, -0.05) is 18.2 Å². The zero-order chi connectivity index (χ0) is 19.5. The van der Waals surface area contributed by atoms with Crippen molar-refractivity contribution in [3.8, 4) is 0 Å². The summed E-state index contributed by atoms with van der Waals surface area (Å²) in [6.45, 7) is 0.329. The maximum absolute atomic E-state index is 12.5. The Hall–Kier alpha value is -3.15. The molecular weight excluding hydrogens is 356 g/mol. The molecule has 4 rings (SSSR count). The first kappa shape index (κ1) is 18.2. The number of benzene rings is 2. The number of hydrogen-bond acceptors (Lipinski definition) is 4. The number of carbonyl (C=O) groups is 3. The molecule has 1 N–H and O–H groups in total. The van der Waals surface area contributed by atoms with Gasteiger partial charge in [-0.05, 0) is 61.6 Å². The van der Waals surface area contributed by atoms with Gasteiger partial charge in [-0.15, -0.1) is 0 Å². The highest BCUT2D eigenvalue weighted by molar-refractivity contribution is 5.98. The van der Waals surface area contributed by atoms with Gasteiger partial charge in [-0.3, -0.25) is 9.59 Å². The number of ether oxygens (including phenoxy) is 1. The van der Waals surface area contributed by atoms with Gasteiger partial charge in [0.1, 0.15) is 0 Å². The predicted molar refractivity (Wildman–Crippen MR) is 105 cm³/mol. The summed E-state index contributed by atoms with van der Waals surface area (Å²) in [7, 11) is 0. The summed E-state index contributed by atoms with van der Waals surface area (Å²) in [4.78, 5) is 38.2. The van der Waals surface area contributed by atoms with E-state index in [-0.39, 0.29) is 24.3 Å². The first-order valence-corrected chi connectivity index (χ1v) is 9.58. The maximum atomic E-state index is 12.5. The molecule has 28 heavy (non-hydrogen) atoms. The highest BCUT2D eigenvalue weighted by Gasteiger charge is 2.29. The molecule has 0 aromatic heterocycles. The number of fused-ring (bicyclic) bond motifs is 1. The van der Waals surface area contributed by atoms with Crippen LogP contribution in [0.25, 0.3) is 0 Å². The van der Waals surface area contributed by atoms with E-state index in [1.165, 1.54) is 0 Å². The number of rotatable bonds is 5. The quantitative estimate of drug-likeness (QED) is 0.811. The topological polar surface area (TPSA) is 75.7 Å². The summed E-state index contributed by atoms with van der Waals surface area (Å²) in [6, 6.07) is 14.3. The van der Waals surface area contributed by atoms with E-state index in [0.717, 1.165) is 36.9 Å². The van der Waals surface area contributed by atoms with E-state index >= 15 is 0 Å². The lowest BCUT2D eigenvalue weighted by atomic mass is 10.0. The molecule has 1 heterocycles. The third-order valence-corrected chi connectivity index (χ3v) is 5.07. The van der Waals surface area contributed by atoms with Gasteiger partial charge in [-0.25, -0.2) is 4.79 Å². The molecule has 6 heteroatoms. The largest absolute Gasteiger partial charge is 0.452 e. The molecule has 0 spiro atoms. The Morgan fingerprint density at radius 2 is 1.79 bits per heavy atom. The number of hydrogen-bond donors (Lipinski definition) is 1. The van der Waals surface area contributed by atoms with E-state index in [4.69, 9.17) is 4.74 Å². The Balaban J connectivity index is 1.33. The first-order chi connectivity index (χ1) is 13.6. The van der Waals surface area contributed by atoms with Crippen LogP contribution >= 0.6 is 0 Å². The zero-order valence-corrected chi connectivity index (χ0v) is 15.5. The van der Waals surface area contributed by atoms with E-state index in [0.29, 0.717) is 17.8 Å². The van der Waals surface area contributed by atoms with E-state index < -0.39 is 5.97 Å². The van der Waals surface area contributed by atoms with Crippen molar-refractivity contribution in [3.05, 3.63) is 59.7 Å². The third-order valence-electron chi connectivity index (χ3n) is 5.07. The minimum Gasteiger partial charge on any atom is -0.452 e. The van der Waals surface area contributed by atoms with Crippen LogP contribution in [0.3, 0.4) is 0 Å². The molecule has 0 bridgehead atoms. The van der Waals surface area contributed by atoms with Crippen LogP contribution in [0.4, 0.5) is 11.4 Å². The lowest BCUT2D eigenvalue weighted by molar-refractivity contribution is -0.121. The Labute approximate surface area is 163 Å². The molecule has 1 aliphatic carbocycles. The molecule has 2 aliphatic rings. The van der Waals surface area contributed by atoms with Crippen LogP contribution < -0.4 is 10.2 Å². The molecule has 0 unspecified atom stereocenters. The third kappa shape index (κ3) is 4.06. The number of anilines is 2. The van der Waals surface area contributed by atoms with Crippen LogP contribution in [-0.2, 0) is 20.7 Å². The van der Waals surface area contributed by atoms with Crippen LogP contribution in [0.2, 0.25) is 0 Å². The second-order valence-electron chi connectivity index (χ2n) is 7.19. The van der Waals surface area contributed by atoms with Crippen LogP contribution in [0.15, 0.2) is 48.5 Å². The lowest BCUT2D eigenvalue weighted by Crippen LogP contribution is -2.38. The van der Waals surface area contributed by atoms with Crippen molar-refractivity contribution in [2.24, 2.45) is 5.92 Å². The van der Waals surface area contributed by atoms with E-state index in [2.05, 4.69) is 5.32 Å². The summed E-state index contributed by atoms with van der Waals surface area (Å²) in [6.07, 6.45) is 3.71. The summed E-state index contributed by atoms with van der Waals surface area (Å²) < 4.78 is 5.21. The molecule has 0 atom stereocenters. The molecular formula is C22H22N2O4. The van der Waals surface area contributed by atoms with Crippen molar-refractivity contribution in [1.82, 2.24) is 0 Å². The predicted octanol–water partition coefficient (Wildman–Crippen LogP) is 3.17. The Bertz CT molecular complexity index is 903. The fraction of sp³-hybridized carbons (Fsp3) is 0.318. The van der Waals surface area contributed by atoms with Crippen molar-refractivity contribution in [2.45, 2.75) is 25.7 Å². The van der Waals surface area contributed by atoms with Gasteiger partial charge < -0.3 is 15.0 Å². The first-order valence-electron chi connectivity index (χ1n) is 9.58. The van der Waals surface area contributed by atoms with Gasteiger partial charge in [0.2, 0.25) is 5.91 Å². The van der Waals surface area contributed by atoms with E-state index in [1.807, 2.05) is 24.3 Å². The fourth-order valence-electron chi connectivity index (χ4n) is 3.36. The summed E-state index contributed by atoms with van der Waals surface area (Å²) >= 11 is 0. The van der Waals surface area contributed by atoms with Gasteiger partial charge in [0.05, 0.1) is 5.56 Å². The standard InChI is InChI=1S/C22H22N2O4/c25-20(24-13-3-5-15-4-1-2-6-19(15)24)14-28-22(27)17-9-11-18(12-10-17)23-21(26)16-7-8-16/h1-2,4,6,9-12,16H,3,5,7-8,13-14H2,(H,23,26). The van der Waals surface area contributed by atoms with Crippen molar-refractivity contribution in [3.63, 3.8) is 0 Å². The molecule has 2 aromatic rings. The average molecular weight is 378 g/mol. The Morgan fingerprint density at radius 1 is 1.04 bits per heavy atom. The molecule has 1 saturated carbocycles. The summed E-state index contributed by atoms with van der Waals surface area (Å²) in [5, 5.41) is 2.82. The number of nitrogens with zero attached hydrogens (tertiary/aromatic N) is 1. The van der Waals surface area contributed by atoms with Crippen molar-refractivity contribution in [2.75, 3.05) is 23.4 Å². The van der Waals surface area contributed by atoms with Crippen molar-refractivity contribution < 1.29 is 19.1 Å². The van der Waals surface area contributed by atoms with Crippen LogP contribution in [-0.4, -0.2) is 30.9 Å². The Morgan fingerprint density at radius 3 is 2.54 bits per heavy atom. The molecule has 1 fully saturated rings. The van der Waals surface area contributed by atoms with Gasteiger partial charge >= 0.3 is 5.97 Å². The SMILES string of the molecule is O=C(OCC(=O)N1CCCc2ccccc21)c1ccc(NC(=O)C2CC2)cc1. The lowest BCUT2D eigenvalue weighted by Gasteiger charge is -2.29. The second kappa shape index (κ2) is 7.84. The minimum atomic E-state index is -0.557. The number of esters is 1. The average Bonchev–Trinajstić information content (AvgIpc) is 3.57. The number of para-hydroxylation sites is 1. The number of carbonyl (C=O) groups excluding carboxylic acids is 3. The molecule has 2 aromatic carbocycles. The van der Waals surface area contributed by atoms with Gasteiger partial charge in [0, 0.05) is 23.8 Å². The van der Waals surface area contributed by atoms with Crippen LogP contribution in [0, 0.1) is 5.92 Å². The van der Waals surface area contributed by atoms with Gasteiger partial charge in [0.25, 0.3) is 5.91 Å². The highest BCUT2D eigenvalue weighted by Crippen LogP contribution is 2.30. The fourth-order valence-corrected chi connectivity index (χ4v) is 3.36. The van der Waals surface area contributed by atoms with Crippen LogP contribution in [0.5, 0.6) is 0 Å². The molecule has 144 valence electrons. The number of amides is 2. The number of aryl methyl sites for hydroxylation is 1. The molecule has 0 radical (unpaired) electrons. The van der Waals surface area contributed by atoms with Gasteiger partial charge in [-0.2, -0.15) is 0 Å². The zero-order valence-electron chi connectivity index (χ0n) is 15.5. The maximum Gasteiger partial charge on any atom is 0.338 e. The molecule has 6 nitrogen and oxygen atoms in total. The van der Waals surface area contributed by atoms with Crippen LogP contribution in [0.1, 0.15) is 35.2 Å². The molecule has 0 saturated heterocycles. The highest BCUT2D eigenvalue weighted by atomic mass is 16.5. The monoisotopic (exact) mass is 378 g/mol. The molecule has 2 amide bonds. The van der Waals surface area contributed by atoms with E-state index in [9.17, 15) is 14.4 Å². The van der Waals surface area contributed by atoms with E-state index in [1.54, 1.807) is 29.2 Å². The number of nitrogens with one attached hydrogen (secondary N) is 1. The smallest absolute Gasteiger partial charge is 0.338 e. The second-order valence-corrected chi connectivity index (χ2v) is 7.19. The minimum absolute atomic E-state index is 0.0164. The Kier molecular flexibility index (Phi) is 5.10. The normalized spacial score (nSPS) is 15.5. The molecule has 1 aliphatic heterocycles. The van der Waals surface area contributed by atoms with Gasteiger partial charge in [0.15, 0.2) is 6.61 Å². The van der Waals surface area contributed by atoms with Crippen molar-refractivity contribution in [1.29, 1.82) is 0 Å². The summed E-state index contributed by atoms with van der Waals surface area (Å²) in [5.41, 5.74) is 3.02. The van der Waals surface area contributed by atoms with Crippen molar-refractivity contribution >= 4 is 29.2 Å². The summed E-state index contributed by atoms with van der Waals surface area (Å²) in [5.74, 6) is -0.647.